The van der Waals surface area contributed by atoms with Crippen molar-refractivity contribution in [3.05, 3.63) is 23.5 Å². The third kappa shape index (κ3) is 1.79. The molecule has 1 aliphatic carbocycles. The van der Waals surface area contributed by atoms with Crippen LogP contribution in [0.25, 0.3) is 0 Å². The highest BCUT2D eigenvalue weighted by molar-refractivity contribution is 5.91. The number of aliphatic hydroxyl groups is 1. The first-order valence-electron chi connectivity index (χ1n) is 4.70. The largest absolute Gasteiger partial charge is 0.497 e. The number of carbonyl (C=O) groups excluding carboxylic acids is 2. The fourth-order valence-electron chi connectivity index (χ4n) is 1.65. The van der Waals surface area contributed by atoms with E-state index in [1.54, 1.807) is 0 Å². The van der Waals surface area contributed by atoms with Crippen LogP contribution in [0.3, 0.4) is 0 Å². The molecule has 5 nitrogen and oxygen atoms in total. The summed E-state index contributed by atoms with van der Waals surface area (Å²) in [4.78, 5) is 22.2. The Balaban J connectivity index is 3.28. The van der Waals surface area contributed by atoms with Crippen LogP contribution in [0.1, 0.15) is 6.92 Å². The van der Waals surface area contributed by atoms with E-state index in [4.69, 9.17) is 9.47 Å². The third-order valence-electron chi connectivity index (χ3n) is 2.58. The standard InChI is InChI=1S/C11H14O5/c1-7(13)11(14)9(15-2)4-8(6-12)5-10(11)16-3/h4-6,9,14H,1-3H3/t9-,11+/m0/s1. The van der Waals surface area contributed by atoms with Crippen LogP contribution in [0.5, 0.6) is 0 Å². The number of aldehydes is 1. The minimum absolute atomic E-state index is 0.0106. The van der Waals surface area contributed by atoms with Crippen LogP contribution in [0.15, 0.2) is 23.5 Å². The second-order valence-electron chi connectivity index (χ2n) is 3.48. The van der Waals surface area contributed by atoms with Gasteiger partial charge in [-0.05, 0) is 19.1 Å². The summed E-state index contributed by atoms with van der Waals surface area (Å²) in [5.74, 6) is -0.495. The Morgan fingerprint density at radius 2 is 2.19 bits per heavy atom. The molecule has 1 aliphatic rings. The number of ketones is 1. The van der Waals surface area contributed by atoms with Gasteiger partial charge in [-0.3, -0.25) is 9.59 Å². The Morgan fingerprint density at radius 1 is 1.56 bits per heavy atom. The van der Waals surface area contributed by atoms with Crippen LogP contribution in [-0.4, -0.2) is 43.1 Å². The molecule has 0 heterocycles. The summed E-state index contributed by atoms with van der Waals surface area (Å²) in [7, 11) is 2.66. The van der Waals surface area contributed by atoms with Crippen LogP contribution in [0.4, 0.5) is 0 Å². The van der Waals surface area contributed by atoms with Crippen molar-refractivity contribution in [2.24, 2.45) is 0 Å². The Labute approximate surface area is 93.3 Å². The molecule has 0 aromatic rings. The van der Waals surface area contributed by atoms with E-state index in [0.29, 0.717) is 11.9 Å². The van der Waals surface area contributed by atoms with Gasteiger partial charge in [-0.15, -0.1) is 0 Å². The number of rotatable bonds is 4. The quantitative estimate of drug-likeness (QED) is 0.682. The van der Waals surface area contributed by atoms with Gasteiger partial charge in [-0.1, -0.05) is 0 Å². The van der Waals surface area contributed by atoms with Crippen molar-refractivity contribution in [1.29, 1.82) is 0 Å². The van der Waals surface area contributed by atoms with Crippen LogP contribution >= 0.6 is 0 Å². The molecule has 0 fully saturated rings. The van der Waals surface area contributed by atoms with E-state index >= 15 is 0 Å². The SMILES string of the molecule is COC1=CC(C=O)=C[C@H](OC)[C@]1(O)C(C)=O. The Morgan fingerprint density at radius 3 is 2.56 bits per heavy atom. The molecule has 88 valence electrons. The van der Waals surface area contributed by atoms with Gasteiger partial charge in [-0.2, -0.15) is 0 Å². The van der Waals surface area contributed by atoms with Gasteiger partial charge >= 0.3 is 0 Å². The molecule has 5 heteroatoms. The number of allylic oxidation sites excluding steroid dienone is 2. The number of Topliss-reactive ketones (excluding diaryl/α,β-unsaturated/α-hetero) is 1. The van der Waals surface area contributed by atoms with Crippen molar-refractivity contribution in [2.75, 3.05) is 14.2 Å². The molecule has 1 rings (SSSR count). The van der Waals surface area contributed by atoms with Crippen molar-refractivity contribution in [2.45, 2.75) is 18.6 Å². The summed E-state index contributed by atoms with van der Waals surface area (Å²) >= 11 is 0. The Hall–Kier alpha value is -1.46. The van der Waals surface area contributed by atoms with E-state index in [1.165, 1.54) is 33.3 Å². The highest BCUT2D eigenvalue weighted by Crippen LogP contribution is 2.31. The zero-order valence-electron chi connectivity index (χ0n) is 9.39. The molecule has 0 saturated heterocycles. The molecule has 2 atom stereocenters. The van der Waals surface area contributed by atoms with Crippen molar-refractivity contribution in [3.63, 3.8) is 0 Å². The molecule has 1 N–H and O–H groups in total. The normalized spacial score (nSPS) is 29.1. The first-order valence-corrected chi connectivity index (χ1v) is 4.70. The number of carbonyl (C=O) groups is 2. The molecule has 0 aliphatic heterocycles. The highest BCUT2D eigenvalue weighted by atomic mass is 16.5. The lowest BCUT2D eigenvalue weighted by Crippen LogP contribution is -2.52. The third-order valence-corrected chi connectivity index (χ3v) is 2.58. The van der Waals surface area contributed by atoms with Gasteiger partial charge in [0.05, 0.1) is 7.11 Å². The van der Waals surface area contributed by atoms with Gasteiger partial charge in [0, 0.05) is 12.7 Å². The average Bonchev–Trinajstić information content (AvgIpc) is 2.28. The monoisotopic (exact) mass is 226 g/mol. The van der Waals surface area contributed by atoms with Crippen molar-refractivity contribution < 1.29 is 24.2 Å². The molecule has 0 spiro atoms. The molecule has 0 bridgehead atoms. The smallest absolute Gasteiger partial charge is 0.209 e. The number of hydrogen-bond donors (Lipinski definition) is 1. The van der Waals surface area contributed by atoms with Crippen LogP contribution in [0, 0.1) is 0 Å². The lowest BCUT2D eigenvalue weighted by molar-refractivity contribution is -0.146. The number of ether oxygens (including phenoxy) is 2. The molecule has 0 amide bonds. The van der Waals surface area contributed by atoms with Crippen molar-refractivity contribution in [1.82, 2.24) is 0 Å². The summed E-state index contributed by atoms with van der Waals surface area (Å²) in [5.41, 5.74) is -1.56. The van der Waals surface area contributed by atoms with Crippen molar-refractivity contribution >= 4 is 12.1 Å². The maximum absolute atomic E-state index is 11.5. The van der Waals surface area contributed by atoms with E-state index < -0.39 is 17.5 Å². The van der Waals surface area contributed by atoms with Gasteiger partial charge < -0.3 is 14.6 Å². The Bertz CT molecular complexity index is 369. The summed E-state index contributed by atoms with van der Waals surface area (Å²) < 4.78 is 9.95. The van der Waals surface area contributed by atoms with Gasteiger partial charge in [0.2, 0.25) is 5.60 Å². The summed E-state index contributed by atoms with van der Waals surface area (Å²) in [6.45, 7) is 1.23. The number of hydrogen-bond acceptors (Lipinski definition) is 5. The van der Waals surface area contributed by atoms with Crippen LogP contribution < -0.4 is 0 Å². The van der Waals surface area contributed by atoms with E-state index in [9.17, 15) is 14.7 Å². The van der Waals surface area contributed by atoms with Gasteiger partial charge in [0.15, 0.2) is 5.78 Å². The summed E-state index contributed by atoms with van der Waals surface area (Å²) in [5, 5.41) is 10.3. The summed E-state index contributed by atoms with van der Waals surface area (Å²) in [6, 6.07) is 0. The molecule has 0 radical (unpaired) electrons. The Kier molecular flexibility index (Phi) is 3.62. The molecule has 0 aromatic heterocycles. The first-order chi connectivity index (χ1) is 7.50. The fourth-order valence-corrected chi connectivity index (χ4v) is 1.65. The van der Waals surface area contributed by atoms with Gasteiger partial charge in [0.25, 0.3) is 0 Å². The zero-order chi connectivity index (χ0) is 12.3. The summed E-state index contributed by atoms with van der Waals surface area (Å²) in [6.07, 6.45) is 2.39. The van der Waals surface area contributed by atoms with Crippen LogP contribution in [-0.2, 0) is 19.1 Å². The lowest BCUT2D eigenvalue weighted by atomic mass is 9.84. The van der Waals surface area contributed by atoms with E-state index in [0.717, 1.165) is 0 Å². The molecule has 0 aromatic carbocycles. The predicted octanol–water partition coefficient (Wildman–Crippen LogP) is -0.00930. The second-order valence-corrected chi connectivity index (χ2v) is 3.48. The highest BCUT2D eigenvalue weighted by Gasteiger charge is 2.47. The average molecular weight is 226 g/mol. The van der Waals surface area contributed by atoms with E-state index in [1.807, 2.05) is 0 Å². The van der Waals surface area contributed by atoms with E-state index in [2.05, 4.69) is 0 Å². The van der Waals surface area contributed by atoms with Gasteiger partial charge in [0.1, 0.15) is 18.1 Å². The van der Waals surface area contributed by atoms with Crippen molar-refractivity contribution in [3.8, 4) is 0 Å². The van der Waals surface area contributed by atoms with E-state index in [-0.39, 0.29) is 5.76 Å². The molecule has 16 heavy (non-hydrogen) atoms. The molecular formula is C11H14O5. The maximum atomic E-state index is 11.5. The first kappa shape index (κ1) is 12.6. The van der Waals surface area contributed by atoms with Crippen LogP contribution in [0.2, 0.25) is 0 Å². The second kappa shape index (κ2) is 4.59. The topological polar surface area (TPSA) is 72.8 Å². The fraction of sp³-hybridized carbons (Fsp3) is 0.455. The van der Waals surface area contributed by atoms with Gasteiger partial charge in [-0.25, -0.2) is 0 Å². The lowest BCUT2D eigenvalue weighted by Gasteiger charge is -2.34. The molecule has 0 unspecified atom stereocenters. The zero-order valence-corrected chi connectivity index (χ0v) is 9.39. The number of methoxy groups -OCH3 is 2. The molecule has 0 saturated carbocycles. The predicted molar refractivity (Wildman–Crippen MR) is 55.7 cm³/mol. The maximum Gasteiger partial charge on any atom is 0.209 e. The molecular weight excluding hydrogens is 212 g/mol. The minimum Gasteiger partial charge on any atom is -0.497 e. The minimum atomic E-state index is -1.87.